The van der Waals surface area contributed by atoms with E-state index in [0.29, 0.717) is 0 Å². The summed E-state index contributed by atoms with van der Waals surface area (Å²) in [5, 5.41) is 0. The smallest absolute Gasteiger partial charge is 0.267 e. The van der Waals surface area contributed by atoms with E-state index in [0.717, 1.165) is 31.9 Å². The molecule has 1 aliphatic rings. The highest BCUT2D eigenvalue weighted by molar-refractivity contribution is 7.90. The van der Waals surface area contributed by atoms with E-state index in [1.54, 1.807) is 0 Å². The van der Waals surface area contributed by atoms with Crippen LogP contribution in [0.2, 0.25) is 0 Å². The summed E-state index contributed by atoms with van der Waals surface area (Å²) >= 11 is 0. The summed E-state index contributed by atoms with van der Waals surface area (Å²) in [7, 11) is -3.91. The molecule has 1 aliphatic carbocycles. The summed E-state index contributed by atoms with van der Waals surface area (Å²) in [6.45, 7) is 0. The normalized spacial score (nSPS) is 16.7. The van der Waals surface area contributed by atoms with Gasteiger partial charge in [-0.15, -0.1) is 0 Å². The molecule has 0 bridgehead atoms. The van der Waals surface area contributed by atoms with E-state index in [2.05, 4.69) is 9.71 Å². The SMILES string of the molecule is Nc1ccncc1S(=O)(=O)NC(=O)C1CCCC1. The highest BCUT2D eigenvalue weighted by Gasteiger charge is 2.27. The van der Waals surface area contributed by atoms with Gasteiger partial charge in [0.25, 0.3) is 10.0 Å². The van der Waals surface area contributed by atoms with Crippen molar-refractivity contribution in [3.05, 3.63) is 18.5 Å². The monoisotopic (exact) mass is 269 g/mol. The lowest BCUT2D eigenvalue weighted by Crippen LogP contribution is -2.35. The highest BCUT2D eigenvalue weighted by atomic mass is 32.2. The number of hydrogen-bond acceptors (Lipinski definition) is 5. The maximum absolute atomic E-state index is 12.0. The number of rotatable bonds is 3. The van der Waals surface area contributed by atoms with E-state index in [9.17, 15) is 13.2 Å². The second kappa shape index (κ2) is 4.93. The van der Waals surface area contributed by atoms with Gasteiger partial charge in [0.1, 0.15) is 4.90 Å². The van der Waals surface area contributed by atoms with E-state index in [1.807, 2.05) is 0 Å². The van der Waals surface area contributed by atoms with Crippen LogP contribution < -0.4 is 10.5 Å². The van der Waals surface area contributed by atoms with Crippen molar-refractivity contribution in [2.45, 2.75) is 30.6 Å². The van der Waals surface area contributed by atoms with Gasteiger partial charge in [-0.05, 0) is 18.9 Å². The van der Waals surface area contributed by atoms with E-state index in [-0.39, 0.29) is 16.5 Å². The molecular formula is C11H15N3O3S. The summed E-state index contributed by atoms with van der Waals surface area (Å²) < 4.78 is 26.0. The van der Waals surface area contributed by atoms with Gasteiger partial charge >= 0.3 is 0 Å². The van der Waals surface area contributed by atoms with Crippen LogP contribution in [0.4, 0.5) is 5.69 Å². The summed E-state index contributed by atoms with van der Waals surface area (Å²) in [6.07, 6.45) is 5.95. The van der Waals surface area contributed by atoms with Crippen LogP contribution in [0.15, 0.2) is 23.4 Å². The Morgan fingerprint density at radius 2 is 2.06 bits per heavy atom. The summed E-state index contributed by atoms with van der Waals surface area (Å²) in [5.41, 5.74) is 5.65. The van der Waals surface area contributed by atoms with Gasteiger partial charge in [0, 0.05) is 18.3 Å². The number of anilines is 1. The number of sulfonamides is 1. The maximum atomic E-state index is 12.0. The summed E-state index contributed by atoms with van der Waals surface area (Å²) in [4.78, 5) is 15.3. The molecular weight excluding hydrogens is 254 g/mol. The first-order valence-electron chi connectivity index (χ1n) is 5.77. The zero-order valence-electron chi connectivity index (χ0n) is 9.80. The summed E-state index contributed by atoms with van der Waals surface area (Å²) in [5.74, 6) is -0.659. The van der Waals surface area contributed by atoms with Crippen LogP contribution in [0.25, 0.3) is 0 Å². The molecule has 0 aliphatic heterocycles. The van der Waals surface area contributed by atoms with Crippen LogP contribution in [0.1, 0.15) is 25.7 Å². The largest absolute Gasteiger partial charge is 0.398 e. The molecule has 1 aromatic heterocycles. The van der Waals surface area contributed by atoms with Crippen molar-refractivity contribution in [1.82, 2.24) is 9.71 Å². The lowest BCUT2D eigenvalue weighted by atomic mass is 10.1. The van der Waals surface area contributed by atoms with Gasteiger partial charge in [0.05, 0.1) is 5.69 Å². The number of nitrogens with one attached hydrogen (secondary N) is 1. The molecule has 18 heavy (non-hydrogen) atoms. The van der Waals surface area contributed by atoms with Crippen molar-refractivity contribution in [1.29, 1.82) is 0 Å². The molecule has 1 amide bonds. The minimum Gasteiger partial charge on any atom is -0.398 e. The molecule has 0 spiro atoms. The Morgan fingerprint density at radius 3 is 2.67 bits per heavy atom. The average molecular weight is 269 g/mol. The van der Waals surface area contributed by atoms with Crippen molar-refractivity contribution in [3.8, 4) is 0 Å². The zero-order valence-corrected chi connectivity index (χ0v) is 10.6. The fourth-order valence-electron chi connectivity index (χ4n) is 2.07. The molecule has 3 N–H and O–H groups in total. The van der Waals surface area contributed by atoms with Crippen molar-refractivity contribution < 1.29 is 13.2 Å². The van der Waals surface area contributed by atoms with Gasteiger partial charge in [0.15, 0.2) is 0 Å². The van der Waals surface area contributed by atoms with Crippen molar-refractivity contribution in [2.24, 2.45) is 5.92 Å². The third kappa shape index (κ3) is 2.61. The number of amides is 1. The standard InChI is InChI=1S/C11H15N3O3S/c12-9-5-6-13-7-10(9)18(16,17)14-11(15)8-3-1-2-4-8/h5-8H,1-4H2,(H2,12,13)(H,14,15). The fourth-order valence-corrected chi connectivity index (χ4v) is 3.19. The van der Waals surface area contributed by atoms with E-state index in [1.165, 1.54) is 12.3 Å². The summed E-state index contributed by atoms with van der Waals surface area (Å²) in [6, 6.07) is 1.38. The van der Waals surface area contributed by atoms with E-state index < -0.39 is 15.9 Å². The molecule has 1 saturated carbocycles. The minimum atomic E-state index is -3.91. The zero-order chi connectivity index (χ0) is 13.2. The second-order valence-corrected chi connectivity index (χ2v) is 6.02. The van der Waals surface area contributed by atoms with Crippen molar-refractivity contribution >= 4 is 21.6 Å². The molecule has 7 heteroatoms. The predicted molar refractivity (Wildman–Crippen MR) is 65.9 cm³/mol. The first-order chi connectivity index (χ1) is 8.50. The average Bonchev–Trinajstić information content (AvgIpc) is 2.82. The molecule has 0 saturated heterocycles. The van der Waals surface area contributed by atoms with Crippen molar-refractivity contribution in [3.63, 3.8) is 0 Å². The Kier molecular flexibility index (Phi) is 3.51. The van der Waals surface area contributed by atoms with Crippen LogP contribution in [-0.4, -0.2) is 19.3 Å². The number of carbonyl (C=O) groups is 1. The number of pyridine rings is 1. The lowest BCUT2D eigenvalue weighted by molar-refractivity contribution is -0.122. The number of nitrogen functional groups attached to an aromatic ring is 1. The van der Waals surface area contributed by atoms with Crippen LogP contribution in [0, 0.1) is 5.92 Å². The van der Waals surface area contributed by atoms with Gasteiger partial charge in [-0.2, -0.15) is 0 Å². The van der Waals surface area contributed by atoms with Crippen LogP contribution in [0.3, 0.4) is 0 Å². The fraction of sp³-hybridized carbons (Fsp3) is 0.455. The quantitative estimate of drug-likeness (QED) is 0.839. The van der Waals surface area contributed by atoms with Crippen LogP contribution in [-0.2, 0) is 14.8 Å². The topological polar surface area (TPSA) is 102 Å². The maximum Gasteiger partial charge on any atom is 0.267 e. The third-order valence-electron chi connectivity index (χ3n) is 3.07. The van der Waals surface area contributed by atoms with Gasteiger partial charge < -0.3 is 5.73 Å². The lowest BCUT2D eigenvalue weighted by Gasteiger charge is -2.11. The molecule has 1 heterocycles. The van der Waals surface area contributed by atoms with Gasteiger partial charge in [0.2, 0.25) is 5.91 Å². The number of aromatic nitrogens is 1. The number of hydrogen-bond donors (Lipinski definition) is 2. The second-order valence-electron chi connectivity index (χ2n) is 4.36. The molecule has 98 valence electrons. The van der Waals surface area contributed by atoms with Crippen LogP contribution in [0.5, 0.6) is 0 Å². The Bertz CT molecular complexity index is 550. The van der Waals surface area contributed by atoms with Gasteiger partial charge in [-0.1, -0.05) is 12.8 Å². The molecule has 0 aromatic carbocycles. The van der Waals surface area contributed by atoms with Crippen LogP contribution >= 0.6 is 0 Å². The third-order valence-corrected chi connectivity index (χ3v) is 4.46. The molecule has 1 fully saturated rings. The highest BCUT2D eigenvalue weighted by Crippen LogP contribution is 2.25. The molecule has 0 radical (unpaired) electrons. The van der Waals surface area contributed by atoms with E-state index >= 15 is 0 Å². The van der Waals surface area contributed by atoms with Gasteiger partial charge in [-0.3, -0.25) is 9.78 Å². The number of carbonyl (C=O) groups excluding carboxylic acids is 1. The van der Waals surface area contributed by atoms with E-state index in [4.69, 9.17) is 5.73 Å². The molecule has 6 nitrogen and oxygen atoms in total. The molecule has 2 rings (SSSR count). The Morgan fingerprint density at radius 1 is 1.39 bits per heavy atom. The predicted octanol–water partition coefficient (Wildman–Crippen LogP) is 0.659. The minimum absolute atomic E-state index is 0.0803. The molecule has 0 atom stereocenters. The first kappa shape index (κ1) is 12.8. The van der Waals surface area contributed by atoms with Gasteiger partial charge in [-0.25, -0.2) is 13.1 Å². The molecule has 0 unspecified atom stereocenters. The Labute approximate surface area is 106 Å². The Balaban J connectivity index is 2.17. The molecule has 1 aromatic rings. The number of nitrogens with zero attached hydrogens (tertiary/aromatic N) is 1. The Hall–Kier alpha value is -1.63. The number of nitrogens with two attached hydrogens (primary N) is 1. The van der Waals surface area contributed by atoms with Crippen molar-refractivity contribution in [2.75, 3.05) is 5.73 Å². The first-order valence-corrected chi connectivity index (χ1v) is 7.25.